The van der Waals surface area contributed by atoms with E-state index in [1.807, 2.05) is 13.8 Å². The Morgan fingerprint density at radius 1 is 0.833 bits per heavy atom. The molecule has 0 aromatic rings. The molecule has 0 aliphatic heterocycles. The van der Waals surface area contributed by atoms with Gasteiger partial charge in [0, 0.05) is 13.2 Å². The lowest BCUT2D eigenvalue weighted by Gasteiger charge is -2.16. The Bertz CT molecular complexity index is 203. The van der Waals surface area contributed by atoms with Gasteiger partial charge >= 0.3 is 0 Å². The molecule has 0 radical (unpaired) electrons. The molecule has 0 saturated carbocycles. The van der Waals surface area contributed by atoms with Crippen molar-refractivity contribution in [1.29, 1.82) is 0 Å². The highest BCUT2D eigenvalue weighted by atomic mass is 16.7. The van der Waals surface area contributed by atoms with Crippen molar-refractivity contribution in [3.63, 3.8) is 0 Å². The summed E-state index contributed by atoms with van der Waals surface area (Å²) in [5, 5.41) is 0. The fourth-order valence-corrected chi connectivity index (χ4v) is 1.72. The molecule has 18 heavy (non-hydrogen) atoms. The first kappa shape index (κ1) is 17.4. The lowest BCUT2D eigenvalue weighted by molar-refractivity contribution is -0.140. The van der Waals surface area contributed by atoms with E-state index in [9.17, 15) is 0 Å². The zero-order chi connectivity index (χ0) is 13.5. The van der Waals surface area contributed by atoms with Crippen molar-refractivity contribution in [2.24, 2.45) is 0 Å². The van der Waals surface area contributed by atoms with E-state index in [1.165, 1.54) is 12.8 Å². The Balaban J connectivity index is 3.44. The third kappa shape index (κ3) is 11.9. The van der Waals surface area contributed by atoms with Gasteiger partial charge in [-0.05, 0) is 52.4 Å². The van der Waals surface area contributed by atoms with Crippen LogP contribution in [0.2, 0.25) is 0 Å². The fourth-order valence-electron chi connectivity index (χ4n) is 1.72. The molecule has 0 saturated heterocycles. The van der Waals surface area contributed by atoms with Crippen LogP contribution in [0.5, 0.6) is 0 Å². The molecule has 0 aromatic carbocycles. The molecule has 0 unspecified atom stereocenters. The van der Waals surface area contributed by atoms with Crippen LogP contribution in [0.1, 0.15) is 59.3 Å². The second kappa shape index (κ2) is 14.5. The van der Waals surface area contributed by atoms with E-state index in [4.69, 9.17) is 9.47 Å². The molecule has 0 heterocycles. The molecule has 0 atom stereocenters. The third-order valence-electron chi connectivity index (χ3n) is 2.61. The Labute approximate surface area is 113 Å². The Kier molecular flexibility index (Phi) is 14.0. The molecule has 0 N–H and O–H groups in total. The second-order valence-electron chi connectivity index (χ2n) is 4.21. The molecule has 0 bridgehead atoms. The van der Waals surface area contributed by atoms with Crippen molar-refractivity contribution in [3.8, 4) is 0 Å². The lowest BCUT2D eigenvalue weighted by Crippen LogP contribution is -2.17. The highest BCUT2D eigenvalue weighted by Gasteiger charge is 2.06. The minimum atomic E-state index is -0.00327. The molecule has 0 amide bonds. The molecule has 0 rings (SSSR count). The van der Waals surface area contributed by atoms with Crippen molar-refractivity contribution < 1.29 is 9.47 Å². The van der Waals surface area contributed by atoms with Gasteiger partial charge in [-0.25, -0.2) is 0 Å². The number of hydrogen-bond donors (Lipinski definition) is 0. The average Bonchev–Trinajstić information content (AvgIpc) is 2.37. The molecule has 0 spiro atoms. The van der Waals surface area contributed by atoms with Gasteiger partial charge < -0.3 is 9.47 Å². The van der Waals surface area contributed by atoms with E-state index in [0.717, 1.165) is 38.9 Å². The van der Waals surface area contributed by atoms with Gasteiger partial charge in [0.15, 0.2) is 6.29 Å². The lowest BCUT2D eigenvalue weighted by atomic mass is 10.1. The van der Waals surface area contributed by atoms with Gasteiger partial charge in [0.1, 0.15) is 0 Å². The predicted octanol–water partition coefficient (Wildman–Crippen LogP) is 4.86. The first-order valence-corrected chi connectivity index (χ1v) is 7.38. The maximum absolute atomic E-state index is 5.51. The van der Waals surface area contributed by atoms with Gasteiger partial charge in [-0.3, -0.25) is 0 Å². The molecular formula is C16H30O2. The molecule has 0 aliphatic carbocycles. The van der Waals surface area contributed by atoms with Gasteiger partial charge in [0.25, 0.3) is 0 Å². The van der Waals surface area contributed by atoms with Crippen molar-refractivity contribution in [2.75, 3.05) is 13.2 Å². The van der Waals surface area contributed by atoms with Crippen molar-refractivity contribution >= 4 is 0 Å². The minimum Gasteiger partial charge on any atom is -0.353 e. The third-order valence-corrected chi connectivity index (χ3v) is 2.61. The fraction of sp³-hybridized carbons (Fsp3) is 0.750. The largest absolute Gasteiger partial charge is 0.353 e. The first-order valence-electron chi connectivity index (χ1n) is 7.38. The van der Waals surface area contributed by atoms with Crippen LogP contribution >= 0.6 is 0 Å². The summed E-state index contributed by atoms with van der Waals surface area (Å²) in [7, 11) is 0. The molecule has 0 aliphatic rings. The summed E-state index contributed by atoms with van der Waals surface area (Å²) in [5.74, 6) is 0. The predicted molar refractivity (Wildman–Crippen MR) is 78.7 cm³/mol. The molecule has 106 valence electrons. The maximum Gasteiger partial charge on any atom is 0.157 e. The molecule has 2 nitrogen and oxygen atoms in total. The molecular weight excluding hydrogens is 224 g/mol. The molecule has 0 aromatic heterocycles. The topological polar surface area (TPSA) is 18.5 Å². The van der Waals surface area contributed by atoms with Crippen LogP contribution in [0.15, 0.2) is 24.3 Å². The van der Waals surface area contributed by atoms with Crippen molar-refractivity contribution in [1.82, 2.24) is 0 Å². The summed E-state index contributed by atoms with van der Waals surface area (Å²) >= 11 is 0. The van der Waals surface area contributed by atoms with Gasteiger partial charge in [-0.1, -0.05) is 31.2 Å². The van der Waals surface area contributed by atoms with E-state index < -0.39 is 0 Å². The average molecular weight is 254 g/mol. The van der Waals surface area contributed by atoms with Crippen LogP contribution in [-0.2, 0) is 9.47 Å². The van der Waals surface area contributed by atoms with Crippen LogP contribution in [0.4, 0.5) is 0 Å². The second-order valence-corrected chi connectivity index (χ2v) is 4.21. The highest BCUT2D eigenvalue weighted by molar-refractivity contribution is 4.92. The van der Waals surface area contributed by atoms with Crippen LogP contribution < -0.4 is 0 Å². The summed E-state index contributed by atoms with van der Waals surface area (Å²) in [6.07, 6.45) is 15.7. The summed E-state index contributed by atoms with van der Waals surface area (Å²) in [6.45, 7) is 7.65. The zero-order valence-corrected chi connectivity index (χ0v) is 12.4. The number of unbranched alkanes of at least 4 members (excludes halogenated alkanes) is 2. The Hall–Kier alpha value is -0.600. The van der Waals surface area contributed by atoms with Gasteiger partial charge in [-0.2, -0.15) is 0 Å². The Morgan fingerprint density at radius 2 is 1.50 bits per heavy atom. The summed E-state index contributed by atoms with van der Waals surface area (Å²) in [4.78, 5) is 0. The summed E-state index contributed by atoms with van der Waals surface area (Å²) in [6, 6.07) is 0. The molecule has 2 heteroatoms. The van der Waals surface area contributed by atoms with Gasteiger partial charge in [0.2, 0.25) is 0 Å². The zero-order valence-electron chi connectivity index (χ0n) is 12.4. The maximum atomic E-state index is 5.51. The SMILES string of the molecule is CCC=CCC=CCCCCC(OCC)OCC. The van der Waals surface area contributed by atoms with E-state index in [0.29, 0.717) is 0 Å². The number of allylic oxidation sites excluding steroid dienone is 4. The van der Waals surface area contributed by atoms with Crippen LogP contribution in [0.3, 0.4) is 0 Å². The minimum absolute atomic E-state index is 0.00327. The van der Waals surface area contributed by atoms with E-state index in [-0.39, 0.29) is 6.29 Å². The van der Waals surface area contributed by atoms with Crippen molar-refractivity contribution in [3.05, 3.63) is 24.3 Å². The van der Waals surface area contributed by atoms with E-state index >= 15 is 0 Å². The van der Waals surface area contributed by atoms with E-state index in [2.05, 4.69) is 31.2 Å². The number of rotatable bonds is 12. The monoisotopic (exact) mass is 254 g/mol. The highest BCUT2D eigenvalue weighted by Crippen LogP contribution is 2.09. The number of ether oxygens (including phenoxy) is 2. The number of hydrogen-bond acceptors (Lipinski definition) is 2. The van der Waals surface area contributed by atoms with Crippen molar-refractivity contribution in [2.45, 2.75) is 65.6 Å². The summed E-state index contributed by atoms with van der Waals surface area (Å²) in [5.41, 5.74) is 0. The normalized spacial score (nSPS) is 12.2. The first-order chi connectivity index (χ1) is 8.85. The smallest absolute Gasteiger partial charge is 0.157 e. The molecule has 0 fully saturated rings. The van der Waals surface area contributed by atoms with Crippen LogP contribution in [0, 0.1) is 0 Å². The van der Waals surface area contributed by atoms with Crippen LogP contribution in [0.25, 0.3) is 0 Å². The van der Waals surface area contributed by atoms with E-state index in [1.54, 1.807) is 0 Å². The van der Waals surface area contributed by atoms with Gasteiger partial charge in [-0.15, -0.1) is 0 Å². The van der Waals surface area contributed by atoms with Crippen LogP contribution in [-0.4, -0.2) is 19.5 Å². The standard InChI is InChI=1S/C16H30O2/c1-4-7-8-9-10-11-12-13-14-15-16(17-5-2)18-6-3/h7-8,10-11,16H,4-6,9,12-15H2,1-3H3. The van der Waals surface area contributed by atoms with Gasteiger partial charge in [0.05, 0.1) is 0 Å². The summed E-state index contributed by atoms with van der Waals surface area (Å²) < 4.78 is 11.0. The quantitative estimate of drug-likeness (QED) is 0.281. The Morgan fingerprint density at radius 3 is 2.11 bits per heavy atom.